The van der Waals surface area contributed by atoms with Crippen molar-refractivity contribution in [3.05, 3.63) is 48.6 Å². The third kappa shape index (κ3) is 21.3. The van der Waals surface area contributed by atoms with Gasteiger partial charge in [-0.1, -0.05) is 62.5 Å². The maximum absolute atomic E-state index is 12.3. The fourth-order valence-electron chi connectivity index (χ4n) is 3.32. The quantitative estimate of drug-likeness (QED) is 0.171. The van der Waals surface area contributed by atoms with E-state index in [0.29, 0.717) is 31.5 Å². The first-order chi connectivity index (χ1) is 15.5. The maximum Gasteiger partial charge on any atom is 0.220 e. The summed E-state index contributed by atoms with van der Waals surface area (Å²) in [5.41, 5.74) is 0. The Labute approximate surface area is 197 Å². The molecule has 1 atom stereocenters. The first-order valence-corrected chi connectivity index (χ1v) is 12.5. The highest BCUT2D eigenvalue weighted by atomic mass is 16.1. The zero-order chi connectivity index (χ0) is 23.9. The fourth-order valence-corrected chi connectivity index (χ4v) is 3.32. The third-order valence-corrected chi connectivity index (χ3v) is 5.01. The van der Waals surface area contributed by atoms with Crippen LogP contribution in [0, 0.1) is 0 Å². The average Bonchev–Trinajstić information content (AvgIpc) is 2.75. The van der Waals surface area contributed by atoms with Crippen LogP contribution in [0.2, 0.25) is 0 Å². The van der Waals surface area contributed by atoms with Gasteiger partial charge in [-0.05, 0) is 71.9 Å². The summed E-state index contributed by atoms with van der Waals surface area (Å²) in [5.74, 6) is 0.385. The molecule has 0 bridgehead atoms. The maximum atomic E-state index is 12.3. The van der Waals surface area contributed by atoms with Gasteiger partial charge in [-0.25, -0.2) is 0 Å². The van der Waals surface area contributed by atoms with E-state index in [1.807, 2.05) is 14.1 Å². The van der Waals surface area contributed by atoms with E-state index in [1.54, 1.807) is 0 Å². The summed E-state index contributed by atoms with van der Waals surface area (Å²) < 4.78 is 0. The van der Waals surface area contributed by atoms with Crippen molar-refractivity contribution in [1.29, 1.82) is 0 Å². The second-order valence-corrected chi connectivity index (χ2v) is 8.56. The molecule has 182 valence electrons. The molecular formula is C28H48N2O2. The lowest BCUT2D eigenvalue weighted by Gasteiger charge is -2.22. The van der Waals surface area contributed by atoms with E-state index < -0.39 is 0 Å². The van der Waals surface area contributed by atoms with Gasteiger partial charge in [0.2, 0.25) is 5.91 Å². The van der Waals surface area contributed by atoms with Crippen LogP contribution in [-0.4, -0.2) is 43.3 Å². The summed E-state index contributed by atoms with van der Waals surface area (Å²) in [7, 11) is 4.00. The second-order valence-electron chi connectivity index (χ2n) is 8.56. The second kappa shape index (κ2) is 22.3. The highest BCUT2D eigenvalue weighted by molar-refractivity contribution is 5.79. The fraction of sp³-hybridized carbons (Fsp3) is 0.643. The topological polar surface area (TPSA) is 49.4 Å². The summed E-state index contributed by atoms with van der Waals surface area (Å²) in [5, 5.41) is 3.14. The number of likely N-dealkylation sites (N-methyl/N-ethyl adjacent to an activating group) is 1. The minimum atomic E-state index is 0.0291. The molecule has 0 rings (SSSR count). The number of unbranched alkanes of at least 4 members (excludes halogenated alkanes) is 2. The lowest BCUT2D eigenvalue weighted by Crippen LogP contribution is -2.41. The Morgan fingerprint density at radius 3 is 1.81 bits per heavy atom. The zero-order valence-electron chi connectivity index (χ0n) is 21.2. The molecule has 0 fully saturated rings. The summed E-state index contributed by atoms with van der Waals surface area (Å²) in [4.78, 5) is 26.7. The number of nitrogens with zero attached hydrogens (tertiary/aromatic N) is 1. The van der Waals surface area contributed by atoms with Crippen molar-refractivity contribution in [1.82, 2.24) is 10.2 Å². The Morgan fingerprint density at radius 2 is 1.28 bits per heavy atom. The zero-order valence-corrected chi connectivity index (χ0v) is 21.2. The number of amides is 1. The van der Waals surface area contributed by atoms with Crippen LogP contribution in [0.1, 0.15) is 90.9 Å². The largest absolute Gasteiger partial charge is 0.352 e. The molecule has 1 amide bonds. The number of carbonyl (C=O) groups excluding carboxylic acids is 2. The van der Waals surface area contributed by atoms with Crippen molar-refractivity contribution in [2.24, 2.45) is 0 Å². The molecular weight excluding hydrogens is 396 g/mol. The summed E-state index contributed by atoms with van der Waals surface area (Å²) in [6.07, 6.45) is 27.4. The van der Waals surface area contributed by atoms with E-state index in [1.165, 1.54) is 0 Å². The van der Waals surface area contributed by atoms with Crippen LogP contribution < -0.4 is 5.32 Å². The smallest absolute Gasteiger partial charge is 0.220 e. The van der Waals surface area contributed by atoms with Crippen molar-refractivity contribution in [3.8, 4) is 0 Å². The van der Waals surface area contributed by atoms with Crippen molar-refractivity contribution in [2.45, 2.75) is 96.9 Å². The molecule has 0 aliphatic carbocycles. The minimum absolute atomic E-state index is 0.0291. The third-order valence-electron chi connectivity index (χ3n) is 5.01. The highest BCUT2D eigenvalue weighted by Crippen LogP contribution is 2.07. The number of allylic oxidation sites excluding steroid dienone is 8. The van der Waals surface area contributed by atoms with Crippen molar-refractivity contribution in [2.75, 3.05) is 20.6 Å². The van der Waals surface area contributed by atoms with Gasteiger partial charge in [-0.3, -0.25) is 9.59 Å². The lowest BCUT2D eigenvalue weighted by atomic mass is 10.0. The van der Waals surface area contributed by atoms with Crippen LogP contribution in [0.15, 0.2) is 48.6 Å². The van der Waals surface area contributed by atoms with Crippen molar-refractivity contribution in [3.63, 3.8) is 0 Å². The predicted octanol–water partition coefficient (Wildman–Crippen LogP) is 6.55. The Balaban J connectivity index is 4.11. The Hall–Kier alpha value is -1.94. The van der Waals surface area contributed by atoms with Gasteiger partial charge in [0.15, 0.2) is 0 Å². The average molecular weight is 445 g/mol. The summed E-state index contributed by atoms with van der Waals surface area (Å²) in [6.45, 7) is 5.02. The Morgan fingerprint density at radius 1 is 0.750 bits per heavy atom. The molecule has 4 heteroatoms. The molecule has 0 saturated heterocycles. The normalized spacial score (nSPS) is 13.3. The van der Waals surface area contributed by atoms with Gasteiger partial charge < -0.3 is 10.2 Å². The molecule has 0 aromatic rings. The molecule has 0 aromatic carbocycles. The van der Waals surface area contributed by atoms with E-state index in [4.69, 9.17) is 0 Å². The van der Waals surface area contributed by atoms with Crippen molar-refractivity contribution >= 4 is 11.7 Å². The lowest BCUT2D eigenvalue weighted by molar-refractivity contribution is -0.123. The molecule has 0 spiro atoms. The molecule has 0 radical (unpaired) electrons. The highest BCUT2D eigenvalue weighted by Gasteiger charge is 2.15. The van der Waals surface area contributed by atoms with Gasteiger partial charge >= 0.3 is 0 Å². The number of rotatable bonds is 20. The number of hydrogen-bond donors (Lipinski definition) is 1. The van der Waals surface area contributed by atoms with Crippen LogP contribution in [0.3, 0.4) is 0 Å². The van der Waals surface area contributed by atoms with E-state index in [9.17, 15) is 9.59 Å². The molecule has 0 aliphatic rings. The number of hydrogen-bond acceptors (Lipinski definition) is 3. The SMILES string of the molecule is CC/C=C/C/C=C/CCCC(=O)CCC(CN(C)C)NC(=O)CCC/C=C/C/C=C/CC. The monoisotopic (exact) mass is 444 g/mol. The minimum Gasteiger partial charge on any atom is -0.352 e. The molecule has 4 nitrogen and oxygen atoms in total. The number of carbonyl (C=O) groups is 2. The van der Waals surface area contributed by atoms with Gasteiger partial charge in [0.25, 0.3) is 0 Å². The first-order valence-electron chi connectivity index (χ1n) is 12.5. The van der Waals surface area contributed by atoms with Crippen molar-refractivity contribution < 1.29 is 9.59 Å². The molecule has 0 heterocycles. The number of nitrogens with one attached hydrogen (secondary N) is 1. The Bertz CT molecular complexity index is 588. The molecule has 0 aromatic heterocycles. The molecule has 0 saturated carbocycles. The number of ketones is 1. The van der Waals surface area contributed by atoms with Crippen LogP contribution in [0.4, 0.5) is 0 Å². The molecule has 32 heavy (non-hydrogen) atoms. The van der Waals surface area contributed by atoms with Gasteiger partial charge in [0.05, 0.1) is 0 Å². The summed E-state index contributed by atoms with van der Waals surface area (Å²) >= 11 is 0. The predicted molar refractivity (Wildman–Crippen MR) is 139 cm³/mol. The van der Waals surface area contributed by atoms with Gasteiger partial charge in [0, 0.05) is 31.8 Å². The van der Waals surface area contributed by atoms with Gasteiger partial charge in [-0.15, -0.1) is 0 Å². The van der Waals surface area contributed by atoms with Gasteiger partial charge in [-0.2, -0.15) is 0 Å². The van der Waals surface area contributed by atoms with Crippen LogP contribution in [0.5, 0.6) is 0 Å². The number of Topliss-reactive ketones (excluding diaryl/α,β-unsaturated/α-hetero) is 1. The van der Waals surface area contributed by atoms with E-state index >= 15 is 0 Å². The molecule has 1 N–H and O–H groups in total. The summed E-state index contributed by atoms with van der Waals surface area (Å²) in [6, 6.07) is 0.0291. The van der Waals surface area contributed by atoms with E-state index in [-0.39, 0.29) is 11.9 Å². The van der Waals surface area contributed by atoms with Crippen LogP contribution in [0.25, 0.3) is 0 Å². The molecule has 0 aliphatic heterocycles. The molecule has 1 unspecified atom stereocenters. The Kier molecular flexibility index (Phi) is 20.9. The van der Waals surface area contributed by atoms with E-state index in [0.717, 1.165) is 57.9 Å². The van der Waals surface area contributed by atoms with Crippen LogP contribution >= 0.6 is 0 Å². The standard InChI is InChI=1S/C28H48N2O2/c1-5-7-9-11-13-15-17-19-21-27(31)24-23-26(25-30(3)4)29-28(32)22-20-18-16-14-12-10-8-6-2/h7-10,13-16,26H,5-6,11-12,17-25H2,1-4H3,(H,29,32)/b9-7+,10-8+,15-13+,16-14+. The first kappa shape index (κ1) is 30.1. The van der Waals surface area contributed by atoms with E-state index in [2.05, 4.69) is 72.7 Å². The van der Waals surface area contributed by atoms with Gasteiger partial charge in [0.1, 0.15) is 5.78 Å². The van der Waals surface area contributed by atoms with Crippen LogP contribution in [-0.2, 0) is 9.59 Å².